The standard InChI is InChI=1S/C14H22N2O4S/c1-8(2)12-13(17)15-11(9-3-4-9)14(18)16(12)10-5-6-21(19,20)7-10/h8-12H,3-7H2,1-2H3,(H,15,17). The zero-order valence-corrected chi connectivity index (χ0v) is 13.2. The van der Waals surface area contributed by atoms with E-state index in [2.05, 4.69) is 5.32 Å². The fourth-order valence-corrected chi connectivity index (χ4v) is 5.21. The lowest BCUT2D eigenvalue weighted by molar-refractivity contribution is -0.154. The topological polar surface area (TPSA) is 83.6 Å². The van der Waals surface area contributed by atoms with Crippen LogP contribution in [0.4, 0.5) is 0 Å². The first kappa shape index (κ1) is 14.8. The summed E-state index contributed by atoms with van der Waals surface area (Å²) in [5, 5.41) is 2.85. The Labute approximate surface area is 125 Å². The minimum Gasteiger partial charge on any atom is -0.342 e. The van der Waals surface area contributed by atoms with Gasteiger partial charge in [0.2, 0.25) is 11.8 Å². The van der Waals surface area contributed by atoms with Gasteiger partial charge in [0, 0.05) is 6.04 Å². The van der Waals surface area contributed by atoms with E-state index < -0.39 is 21.9 Å². The van der Waals surface area contributed by atoms with Crippen LogP contribution in [0.3, 0.4) is 0 Å². The van der Waals surface area contributed by atoms with Gasteiger partial charge >= 0.3 is 0 Å². The molecule has 2 heterocycles. The van der Waals surface area contributed by atoms with E-state index in [4.69, 9.17) is 0 Å². The maximum atomic E-state index is 12.8. The van der Waals surface area contributed by atoms with Gasteiger partial charge in [-0.15, -0.1) is 0 Å². The second kappa shape index (κ2) is 4.97. The number of nitrogens with zero attached hydrogens (tertiary/aromatic N) is 1. The number of hydrogen-bond acceptors (Lipinski definition) is 4. The van der Waals surface area contributed by atoms with E-state index in [9.17, 15) is 18.0 Å². The lowest BCUT2D eigenvalue weighted by atomic mass is 9.93. The van der Waals surface area contributed by atoms with Gasteiger partial charge in [-0.1, -0.05) is 13.8 Å². The van der Waals surface area contributed by atoms with E-state index in [1.165, 1.54) is 0 Å². The van der Waals surface area contributed by atoms with Crippen molar-refractivity contribution < 1.29 is 18.0 Å². The van der Waals surface area contributed by atoms with E-state index in [-0.39, 0.29) is 41.2 Å². The smallest absolute Gasteiger partial charge is 0.246 e. The first-order valence-corrected chi connectivity index (χ1v) is 9.45. The zero-order valence-electron chi connectivity index (χ0n) is 12.4. The average Bonchev–Trinajstić information content (AvgIpc) is 3.15. The van der Waals surface area contributed by atoms with Gasteiger partial charge < -0.3 is 10.2 Å². The van der Waals surface area contributed by atoms with Crippen molar-refractivity contribution in [1.82, 2.24) is 10.2 Å². The van der Waals surface area contributed by atoms with Gasteiger partial charge in [-0.3, -0.25) is 9.59 Å². The Morgan fingerprint density at radius 3 is 2.33 bits per heavy atom. The van der Waals surface area contributed by atoms with E-state index in [1.54, 1.807) is 4.90 Å². The highest BCUT2D eigenvalue weighted by Gasteiger charge is 2.51. The van der Waals surface area contributed by atoms with Crippen LogP contribution < -0.4 is 5.32 Å². The predicted octanol–water partition coefficient (Wildman–Crippen LogP) is -0.0649. The molecule has 1 aliphatic carbocycles. The van der Waals surface area contributed by atoms with E-state index >= 15 is 0 Å². The molecule has 3 fully saturated rings. The predicted molar refractivity (Wildman–Crippen MR) is 77.2 cm³/mol. The Hall–Kier alpha value is -1.11. The van der Waals surface area contributed by atoms with Crippen LogP contribution in [0.5, 0.6) is 0 Å². The van der Waals surface area contributed by atoms with Crippen LogP contribution in [-0.4, -0.2) is 54.8 Å². The molecule has 7 heteroatoms. The Kier molecular flexibility index (Phi) is 3.50. The fraction of sp³-hybridized carbons (Fsp3) is 0.857. The lowest BCUT2D eigenvalue weighted by Crippen LogP contribution is -2.67. The highest BCUT2D eigenvalue weighted by molar-refractivity contribution is 7.91. The summed E-state index contributed by atoms with van der Waals surface area (Å²) in [6.45, 7) is 3.79. The van der Waals surface area contributed by atoms with Crippen molar-refractivity contribution in [1.29, 1.82) is 0 Å². The maximum Gasteiger partial charge on any atom is 0.246 e. The fourth-order valence-electron chi connectivity index (χ4n) is 3.50. The molecule has 118 valence electrons. The maximum absolute atomic E-state index is 12.8. The van der Waals surface area contributed by atoms with Crippen LogP contribution in [0.1, 0.15) is 33.1 Å². The Morgan fingerprint density at radius 2 is 1.86 bits per heavy atom. The summed E-state index contributed by atoms with van der Waals surface area (Å²) in [5.74, 6) is 0.0883. The highest BCUT2D eigenvalue weighted by Crippen LogP contribution is 2.37. The van der Waals surface area contributed by atoms with Gasteiger partial charge in [-0.2, -0.15) is 0 Å². The van der Waals surface area contributed by atoms with Crippen LogP contribution in [-0.2, 0) is 19.4 Å². The Bertz CT molecular complexity index is 568. The third-order valence-corrected chi connectivity index (χ3v) is 6.46. The summed E-state index contributed by atoms with van der Waals surface area (Å²) in [7, 11) is -3.08. The lowest BCUT2D eigenvalue weighted by Gasteiger charge is -2.43. The van der Waals surface area contributed by atoms with Crippen molar-refractivity contribution in [3.05, 3.63) is 0 Å². The number of piperazine rings is 1. The molecule has 3 atom stereocenters. The van der Waals surface area contributed by atoms with Gasteiger partial charge in [-0.25, -0.2) is 8.42 Å². The van der Waals surface area contributed by atoms with Gasteiger partial charge in [0.05, 0.1) is 11.5 Å². The highest BCUT2D eigenvalue weighted by atomic mass is 32.2. The number of nitrogens with one attached hydrogen (secondary N) is 1. The molecule has 6 nitrogen and oxygen atoms in total. The summed E-state index contributed by atoms with van der Waals surface area (Å²) >= 11 is 0. The number of amides is 2. The molecule has 1 saturated carbocycles. The van der Waals surface area contributed by atoms with Crippen molar-refractivity contribution in [3.8, 4) is 0 Å². The van der Waals surface area contributed by atoms with E-state index in [1.807, 2.05) is 13.8 Å². The molecule has 0 bridgehead atoms. The first-order chi connectivity index (χ1) is 9.80. The summed E-state index contributed by atoms with van der Waals surface area (Å²) in [6.07, 6.45) is 2.36. The number of carbonyl (C=O) groups is 2. The molecule has 1 N–H and O–H groups in total. The molecule has 2 saturated heterocycles. The number of carbonyl (C=O) groups excluding carboxylic acids is 2. The van der Waals surface area contributed by atoms with Crippen molar-refractivity contribution in [2.24, 2.45) is 11.8 Å². The van der Waals surface area contributed by atoms with Gasteiger partial charge in [0.25, 0.3) is 0 Å². The number of hydrogen-bond donors (Lipinski definition) is 1. The van der Waals surface area contributed by atoms with Crippen molar-refractivity contribution in [2.45, 2.75) is 51.2 Å². The van der Waals surface area contributed by atoms with Crippen LogP contribution in [0, 0.1) is 11.8 Å². The summed E-state index contributed by atoms with van der Waals surface area (Å²) in [5.41, 5.74) is 0. The van der Waals surface area contributed by atoms with Gasteiger partial charge in [0.1, 0.15) is 12.1 Å². The summed E-state index contributed by atoms with van der Waals surface area (Å²) in [4.78, 5) is 26.8. The van der Waals surface area contributed by atoms with Crippen molar-refractivity contribution >= 4 is 21.7 Å². The molecule has 0 radical (unpaired) electrons. The third-order valence-electron chi connectivity index (χ3n) is 4.71. The van der Waals surface area contributed by atoms with Crippen LogP contribution >= 0.6 is 0 Å². The van der Waals surface area contributed by atoms with E-state index in [0.29, 0.717) is 6.42 Å². The van der Waals surface area contributed by atoms with Crippen LogP contribution in [0.25, 0.3) is 0 Å². The second-order valence-electron chi connectivity index (χ2n) is 6.81. The Morgan fingerprint density at radius 1 is 1.19 bits per heavy atom. The molecule has 2 aliphatic heterocycles. The average molecular weight is 314 g/mol. The number of rotatable bonds is 3. The van der Waals surface area contributed by atoms with E-state index in [0.717, 1.165) is 12.8 Å². The molecule has 3 rings (SSSR count). The van der Waals surface area contributed by atoms with Crippen molar-refractivity contribution in [2.75, 3.05) is 11.5 Å². The molecule has 3 unspecified atom stereocenters. The quantitative estimate of drug-likeness (QED) is 0.791. The third kappa shape index (κ3) is 2.67. The zero-order chi connectivity index (χ0) is 15.4. The SMILES string of the molecule is CC(C)C1C(=O)NC(C2CC2)C(=O)N1C1CCS(=O)(=O)C1. The molecule has 0 aromatic heterocycles. The minimum atomic E-state index is -3.08. The molecule has 0 spiro atoms. The first-order valence-electron chi connectivity index (χ1n) is 7.63. The molecule has 0 aromatic carbocycles. The molecule has 21 heavy (non-hydrogen) atoms. The largest absolute Gasteiger partial charge is 0.342 e. The van der Waals surface area contributed by atoms with Crippen LogP contribution in [0.2, 0.25) is 0 Å². The molecule has 0 aromatic rings. The Balaban J connectivity index is 1.90. The molecular formula is C14H22N2O4S. The monoisotopic (exact) mass is 314 g/mol. The second-order valence-corrected chi connectivity index (χ2v) is 9.04. The normalized spacial score (nSPS) is 36.1. The summed E-state index contributed by atoms with van der Waals surface area (Å²) < 4.78 is 23.5. The van der Waals surface area contributed by atoms with Crippen molar-refractivity contribution in [3.63, 3.8) is 0 Å². The molecule has 2 amide bonds. The summed E-state index contributed by atoms with van der Waals surface area (Å²) in [6, 6.07) is -1.34. The molecule has 3 aliphatic rings. The molecular weight excluding hydrogens is 292 g/mol. The van der Waals surface area contributed by atoms with Crippen LogP contribution in [0.15, 0.2) is 0 Å². The van der Waals surface area contributed by atoms with Gasteiger partial charge in [-0.05, 0) is 31.1 Å². The number of sulfone groups is 1. The minimum absolute atomic E-state index is 0.00731. The van der Waals surface area contributed by atoms with Gasteiger partial charge in [0.15, 0.2) is 9.84 Å².